The van der Waals surface area contributed by atoms with Gasteiger partial charge in [-0.3, -0.25) is 14.4 Å². The zero-order valence-corrected chi connectivity index (χ0v) is 21.4. The van der Waals surface area contributed by atoms with Gasteiger partial charge in [0.15, 0.2) is 6.61 Å². The van der Waals surface area contributed by atoms with Crippen LogP contribution in [0.25, 0.3) is 0 Å². The van der Waals surface area contributed by atoms with Crippen LogP contribution < -0.4 is 10.2 Å². The zero-order valence-electron chi connectivity index (χ0n) is 19.8. The fraction of sp³-hybridized carbons (Fsp3) is 0.385. The van der Waals surface area contributed by atoms with E-state index in [9.17, 15) is 19.2 Å². The number of benzene rings is 2. The molecule has 9 heteroatoms. The molecule has 0 aliphatic carbocycles. The van der Waals surface area contributed by atoms with E-state index in [1.54, 1.807) is 36.4 Å². The molecule has 1 aliphatic rings. The number of hydrogen-bond acceptors (Lipinski definition) is 6. The lowest BCUT2D eigenvalue weighted by atomic mass is 10.1. The summed E-state index contributed by atoms with van der Waals surface area (Å²) in [6.45, 7) is 4.06. The number of nitrogens with zero attached hydrogens (tertiary/aromatic N) is 1. The van der Waals surface area contributed by atoms with E-state index in [4.69, 9.17) is 9.47 Å². The predicted octanol–water partition coefficient (Wildman–Crippen LogP) is 4.64. The Morgan fingerprint density at radius 1 is 1.09 bits per heavy atom. The first-order chi connectivity index (χ1) is 16.8. The molecule has 2 amide bonds. The van der Waals surface area contributed by atoms with E-state index in [2.05, 4.69) is 28.2 Å². The molecule has 3 rings (SSSR count). The summed E-state index contributed by atoms with van der Waals surface area (Å²) in [5.74, 6) is -2.36. The number of unbranched alkanes of at least 4 members (excludes halogenated alkanes) is 2. The SMILES string of the molecule is CCCCCOC(=O)c1ccc(N2C[C@@H](C(=O)OCC(=O)Nc3ccc(Br)c(C)c3)CC2=O)cc1. The number of esters is 2. The number of carbonyl (C=O) groups excluding carboxylic acids is 4. The van der Waals surface area contributed by atoms with Crippen molar-refractivity contribution in [3.63, 3.8) is 0 Å². The molecule has 2 aromatic rings. The zero-order chi connectivity index (χ0) is 25.4. The van der Waals surface area contributed by atoms with Gasteiger partial charge in [-0.2, -0.15) is 0 Å². The van der Waals surface area contributed by atoms with Crippen molar-refractivity contribution in [2.24, 2.45) is 5.92 Å². The standard InChI is InChI=1S/C26H29BrN2O6/c1-3-4-5-12-34-25(32)18-6-9-21(10-7-18)29-15-19(14-24(29)31)26(33)35-16-23(30)28-20-8-11-22(27)17(2)13-20/h6-11,13,19H,3-5,12,14-16H2,1-2H3,(H,28,30)/t19-/m0/s1. The highest BCUT2D eigenvalue weighted by Crippen LogP contribution is 2.26. The van der Waals surface area contributed by atoms with E-state index in [0.717, 1.165) is 29.3 Å². The number of hydrogen-bond donors (Lipinski definition) is 1. The van der Waals surface area contributed by atoms with Gasteiger partial charge in [0.2, 0.25) is 5.91 Å². The molecule has 35 heavy (non-hydrogen) atoms. The summed E-state index contributed by atoms with van der Waals surface area (Å²) < 4.78 is 11.3. The average molecular weight is 545 g/mol. The van der Waals surface area contributed by atoms with Gasteiger partial charge in [-0.15, -0.1) is 0 Å². The van der Waals surface area contributed by atoms with Crippen LogP contribution in [0, 0.1) is 12.8 Å². The molecule has 0 bridgehead atoms. The minimum atomic E-state index is -0.673. The Labute approximate surface area is 213 Å². The molecular formula is C26H29BrN2O6. The van der Waals surface area contributed by atoms with Crippen molar-refractivity contribution in [1.29, 1.82) is 0 Å². The summed E-state index contributed by atoms with van der Waals surface area (Å²) in [6.07, 6.45) is 2.87. The van der Waals surface area contributed by atoms with Crippen LogP contribution in [0.1, 0.15) is 48.5 Å². The maximum atomic E-state index is 12.5. The van der Waals surface area contributed by atoms with Crippen molar-refractivity contribution in [1.82, 2.24) is 0 Å². The second kappa shape index (κ2) is 12.5. The van der Waals surface area contributed by atoms with Crippen LogP contribution in [-0.4, -0.2) is 43.5 Å². The Hall–Kier alpha value is -3.20. The first-order valence-electron chi connectivity index (χ1n) is 11.6. The molecule has 1 fully saturated rings. The van der Waals surface area contributed by atoms with Crippen LogP contribution in [0.4, 0.5) is 11.4 Å². The number of nitrogens with one attached hydrogen (secondary N) is 1. The average Bonchev–Trinajstić information content (AvgIpc) is 3.24. The minimum absolute atomic E-state index is 0.00637. The van der Waals surface area contributed by atoms with Crippen LogP contribution >= 0.6 is 15.9 Å². The van der Waals surface area contributed by atoms with Crippen LogP contribution in [0.5, 0.6) is 0 Å². The highest BCUT2D eigenvalue weighted by Gasteiger charge is 2.36. The lowest BCUT2D eigenvalue weighted by molar-refractivity contribution is -0.151. The highest BCUT2D eigenvalue weighted by atomic mass is 79.9. The molecule has 1 N–H and O–H groups in total. The normalized spacial score (nSPS) is 15.1. The van der Waals surface area contributed by atoms with Crippen LogP contribution in [-0.2, 0) is 23.9 Å². The van der Waals surface area contributed by atoms with Crippen molar-refractivity contribution in [3.05, 3.63) is 58.1 Å². The van der Waals surface area contributed by atoms with Gasteiger partial charge in [-0.05, 0) is 61.4 Å². The molecule has 1 aliphatic heterocycles. The topological polar surface area (TPSA) is 102 Å². The van der Waals surface area contributed by atoms with E-state index in [0.29, 0.717) is 23.5 Å². The Kier molecular flexibility index (Phi) is 9.42. The van der Waals surface area contributed by atoms with Crippen LogP contribution in [0.15, 0.2) is 46.9 Å². The molecule has 1 saturated heterocycles. The third kappa shape index (κ3) is 7.39. The molecule has 186 valence electrons. The van der Waals surface area contributed by atoms with Gasteiger partial charge in [-0.25, -0.2) is 4.79 Å². The van der Waals surface area contributed by atoms with Crippen LogP contribution in [0.2, 0.25) is 0 Å². The Morgan fingerprint density at radius 2 is 1.83 bits per heavy atom. The van der Waals surface area contributed by atoms with Gasteiger partial charge >= 0.3 is 11.9 Å². The summed E-state index contributed by atoms with van der Waals surface area (Å²) in [6, 6.07) is 11.9. The molecule has 1 heterocycles. The van der Waals surface area contributed by atoms with Crippen molar-refractivity contribution in [2.75, 3.05) is 30.0 Å². The third-order valence-electron chi connectivity index (χ3n) is 5.64. The summed E-state index contributed by atoms with van der Waals surface area (Å²) in [5, 5.41) is 2.68. The van der Waals surface area contributed by atoms with Gasteiger partial charge in [0, 0.05) is 28.8 Å². The molecule has 0 saturated carbocycles. The largest absolute Gasteiger partial charge is 0.462 e. The summed E-state index contributed by atoms with van der Waals surface area (Å²) in [5.41, 5.74) is 2.54. The molecule has 8 nitrogen and oxygen atoms in total. The maximum Gasteiger partial charge on any atom is 0.338 e. The minimum Gasteiger partial charge on any atom is -0.462 e. The van der Waals surface area contributed by atoms with E-state index < -0.39 is 30.4 Å². The second-order valence-corrected chi connectivity index (χ2v) is 9.27. The number of amides is 2. The Balaban J connectivity index is 1.48. The third-order valence-corrected chi connectivity index (χ3v) is 6.53. The maximum absolute atomic E-state index is 12.5. The Bertz CT molecular complexity index is 1090. The summed E-state index contributed by atoms with van der Waals surface area (Å²) in [7, 11) is 0. The smallest absolute Gasteiger partial charge is 0.338 e. The fourth-order valence-electron chi connectivity index (χ4n) is 3.67. The first kappa shape index (κ1) is 26.4. The summed E-state index contributed by atoms with van der Waals surface area (Å²) in [4.78, 5) is 50.7. The van der Waals surface area contributed by atoms with Gasteiger partial charge in [0.25, 0.3) is 5.91 Å². The van der Waals surface area contributed by atoms with E-state index in [1.807, 2.05) is 13.0 Å². The molecule has 2 aromatic carbocycles. The second-order valence-electron chi connectivity index (χ2n) is 8.42. The van der Waals surface area contributed by atoms with Crippen molar-refractivity contribution in [2.45, 2.75) is 39.5 Å². The summed E-state index contributed by atoms with van der Waals surface area (Å²) >= 11 is 3.40. The fourth-order valence-corrected chi connectivity index (χ4v) is 3.91. The molecular weight excluding hydrogens is 516 g/mol. The highest BCUT2D eigenvalue weighted by molar-refractivity contribution is 9.10. The number of anilines is 2. The van der Waals surface area contributed by atoms with E-state index in [-0.39, 0.29) is 18.9 Å². The first-order valence-corrected chi connectivity index (χ1v) is 12.4. The number of carbonyl (C=O) groups is 4. The predicted molar refractivity (Wildman–Crippen MR) is 135 cm³/mol. The molecule has 0 unspecified atom stereocenters. The lowest BCUT2D eigenvalue weighted by Crippen LogP contribution is -2.28. The number of rotatable bonds is 10. The molecule has 0 radical (unpaired) electrons. The number of aryl methyl sites for hydroxylation is 1. The monoisotopic (exact) mass is 544 g/mol. The van der Waals surface area contributed by atoms with E-state index >= 15 is 0 Å². The number of ether oxygens (including phenoxy) is 2. The van der Waals surface area contributed by atoms with Gasteiger partial charge < -0.3 is 19.7 Å². The van der Waals surface area contributed by atoms with Crippen molar-refractivity contribution < 1.29 is 28.7 Å². The van der Waals surface area contributed by atoms with Gasteiger partial charge in [0.05, 0.1) is 18.1 Å². The van der Waals surface area contributed by atoms with Crippen molar-refractivity contribution in [3.8, 4) is 0 Å². The number of halogens is 1. The molecule has 1 atom stereocenters. The molecule has 0 aromatic heterocycles. The van der Waals surface area contributed by atoms with E-state index in [1.165, 1.54) is 4.90 Å². The van der Waals surface area contributed by atoms with Gasteiger partial charge in [-0.1, -0.05) is 35.7 Å². The quantitative estimate of drug-likeness (QED) is 0.345. The Morgan fingerprint density at radius 3 is 2.51 bits per heavy atom. The molecule has 0 spiro atoms. The van der Waals surface area contributed by atoms with Crippen LogP contribution in [0.3, 0.4) is 0 Å². The lowest BCUT2D eigenvalue weighted by Gasteiger charge is -2.17. The van der Waals surface area contributed by atoms with Gasteiger partial charge in [0.1, 0.15) is 0 Å². The van der Waals surface area contributed by atoms with Crippen molar-refractivity contribution >= 4 is 51.1 Å².